The van der Waals surface area contributed by atoms with Gasteiger partial charge in [0.05, 0.1) is 5.56 Å². The molecule has 1 atom stereocenters. The Morgan fingerprint density at radius 1 is 1.47 bits per heavy atom. The predicted molar refractivity (Wildman–Crippen MR) is 84.1 cm³/mol. The molecule has 17 heavy (non-hydrogen) atoms. The first-order valence-electron chi connectivity index (χ1n) is 5.27. The third-order valence-corrected chi connectivity index (χ3v) is 4.30. The second-order valence-corrected chi connectivity index (χ2v) is 6.15. The Bertz CT molecular complexity index is 409. The number of amides is 1. The predicted octanol–water partition coefficient (Wildman–Crippen LogP) is 3.62. The lowest BCUT2D eigenvalue weighted by Crippen LogP contribution is -2.40. The van der Waals surface area contributed by atoms with Crippen LogP contribution in [-0.4, -0.2) is 16.4 Å². The highest BCUT2D eigenvalue weighted by atomic mass is 127. The van der Waals surface area contributed by atoms with Crippen molar-refractivity contribution in [1.29, 1.82) is 0 Å². The fourth-order valence-electron chi connectivity index (χ4n) is 1.30. The topological polar surface area (TPSA) is 29.1 Å². The van der Waals surface area contributed by atoms with Gasteiger partial charge >= 0.3 is 0 Å². The van der Waals surface area contributed by atoms with E-state index in [1.165, 1.54) is 18.2 Å². The van der Waals surface area contributed by atoms with Crippen LogP contribution in [0.2, 0.25) is 0 Å². The summed E-state index contributed by atoms with van der Waals surface area (Å²) >= 11 is 4.23. The first kappa shape index (κ1) is 15.1. The van der Waals surface area contributed by atoms with Gasteiger partial charge in [0.1, 0.15) is 5.82 Å². The second-order valence-electron chi connectivity index (χ2n) is 4.10. The first-order chi connectivity index (χ1) is 7.95. The van der Waals surface area contributed by atoms with Gasteiger partial charge in [-0.05, 0) is 46.7 Å². The molecule has 0 heterocycles. The molecular formula is C12H14FI2NO. The minimum atomic E-state index is -0.319. The van der Waals surface area contributed by atoms with E-state index in [9.17, 15) is 9.18 Å². The normalized spacial score (nSPS) is 12.6. The number of carbonyl (C=O) groups is 1. The van der Waals surface area contributed by atoms with E-state index in [-0.39, 0.29) is 17.8 Å². The smallest absolute Gasteiger partial charge is 0.252 e. The fraction of sp³-hybridized carbons (Fsp3) is 0.417. The number of rotatable bonds is 4. The highest BCUT2D eigenvalue weighted by Gasteiger charge is 2.17. The van der Waals surface area contributed by atoms with Crippen LogP contribution in [0.15, 0.2) is 18.2 Å². The molecule has 0 saturated carbocycles. The molecule has 0 spiro atoms. The minimum Gasteiger partial charge on any atom is -0.348 e. The van der Waals surface area contributed by atoms with Crippen LogP contribution < -0.4 is 5.32 Å². The van der Waals surface area contributed by atoms with E-state index >= 15 is 0 Å². The maximum atomic E-state index is 12.9. The van der Waals surface area contributed by atoms with Crippen molar-refractivity contribution in [2.75, 3.05) is 4.43 Å². The van der Waals surface area contributed by atoms with Gasteiger partial charge < -0.3 is 5.32 Å². The number of alkyl halides is 1. The van der Waals surface area contributed by atoms with Crippen molar-refractivity contribution in [1.82, 2.24) is 5.32 Å². The Kier molecular flexibility index (Phi) is 6.11. The summed E-state index contributed by atoms with van der Waals surface area (Å²) in [5.41, 5.74) is 0.530. The molecule has 1 rings (SSSR count). The number of nitrogens with one attached hydrogen (secondary N) is 1. The van der Waals surface area contributed by atoms with Gasteiger partial charge in [-0.3, -0.25) is 4.79 Å². The number of benzene rings is 1. The van der Waals surface area contributed by atoms with Gasteiger partial charge in [-0.15, -0.1) is 0 Å². The lowest BCUT2D eigenvalue weighted by Gasteiger charge is -2.20. The van der Waals surface area contributed by atoms with Crippen LogP contribution >= 0.6 is 45.2 Å². The Morgan fingerprint density at radius 2 is 2.12 bits per heavy atom. The Hall–Kier alpha value is 0.0800. The van der Waals surface area contributed by atoms with Gasteiger partial charge in [0.2, 0.25) is 0 Å². The van der Waals surface area contributed by atoms with Crippen LogP contribution in [0.4, 0.5) is 4.39 Å². The summed E-state index contributed by atoms with van der Waals surface area (Å²) in [5, 5.41) is 2.97. The zero-order valence-corrected chi connectivity index (χ0v) is 14.0. The third kappa shape index (κ3) is 4.35. The van der Waals surface area contributed by atoms with Crippen LogP contribution in [-0.2, 0) is 0 Å². The molecule has 1 amide bonds. The van der Waals surface area contributed by atoms with Gasteiger partial charge in [0.15, 0.2) is 0 Å². The molecule has 1 N–H and O–H groups in total. The summed E-state index contributed by atoms with van der Waals surface area (Å²) in [4.78, 5) is 12.0. The van der Waals surface area contributed by atoms with E-state index in [1.54, 1.807) is 0 Å². The standard InChI is InChI=1S/C12H14FI2NO/c1-7(2)11(6-14)16-12(17)9-4-3-8(13)5-10(9)15/h3-5,7,11H,6H2,1-2H3,(H,16,17). The molecule has 1 aromatic rings. The lowest BCUT2D eigenvalue weighted by molar-refractivity contribution is 0.0931. The van der Waals surface area contributed by atoms with E-state index in [0.717, 1.165) is 4.43 Å². The molecule has 0 radical (unpaired) electrons. The number of hydrogen-bond acceptors (Lipinski definition) is 1. The Balaban J connectivity index is 2.82. The highest BCUT2D eigenvalue weighted by molar-refractivity contribution is 14.1. The summed E-state index contributed by atoms with van der Waals surface area (Å²) in [6.45, 7) is 4.14. The van der Waals surface area contributed by atoms with Gasteiger partial charge in [0.25, 0.3) is 5.91 Å². The fourth-order valence-corrected chi connectivity index (χ4v) is 3.26. The molecular weight excluding hydrogens is 447 g/mol. The number of halogens is 3. The zero-order chi connectivity index (χ0) is 13.0. The van der Waals surface area contributed by atoms with E-state index in [2.05, 4.69) is 41.8 Å². The van der Waals surface area contributed by atoms with E-state index in [4.69, 9.17) is 0 Å². The van der Waals surface area contributed by atoms with Gasteiger partial charge in [0, 0.05) is 14.0 Å². The molecule has 2 nitrogen and oxygen atoms in total. The molecule has 0 bridgehead atoms. The monoisotopic (exact) mass is 461 g/mol. The third-order valence-electron chi connectivity index (χ3n) is 2.46. The molecule has 0 saturated heterocycles. The largest absolute Gasteiger partial charge is 0.348 e. The Morgan fingerprint density at radius 3 is 2.59 bits per heavy atom. The maximum Gasteiger partial charge on any atom is 0.252 e. The number of carbonyl (C=O) groups excluding carboxylic acids is 1. The molecule has 0 aliphatic carbocycles. The molecule has 0 aliphatic heterocycles. The van der Waals surface area contributed by atoms with Crippen LogP contribution in [0, 0.1) is 15.3 Å². The second kappa shape index (κ2) is 6.86. The minimum absolute atomic E-state index is 0.134. The average molecular weight is 461 g/mol. The summed E-state index contributed by atoms with van der Waals surface area (Å²) in [6, 6.07) is 4.34. The van der Waals surface area contributed by atoms with E-state index < -0.39 is 0 Å². The molecule has 1 aromatic carbocycles. The molecule has 94 valence electrons. The van der Waals surface area contributed by atoms with Gasteiger partial charge in [-0.25, -0.2) is 4.39 Å². The molecule has 5 heteroatoms. The quantitative estimate of drug-likeness (QED) is 0.539. The SMILES string of the molecule is CC(C)C(CI)NC(=O)c1ccc(F)cc1I. The molecule has 0 fully saturated rings. The summed E-state index contributed by atoms with van der Waals surface area (Å²) < 4.78 is 14.4. The summed E-state index contributed by atoms with van der Waals surface area (Å²) in [6.07, 6.45) is 0. The van der Waals surface area contributed by atoms with Crippen molar-refractivity contribution in [2.45, 2.75) is 19.9 Å². The van der Waals surface area contributed by atoms with Crippen molar-refractivity contribution >= 4 is 51.1 Å². The van der Waals surface area contributed by atoms with Gasteiger partial charge in [-0.1, -0.05) is 36.4 Å². The molecule has 0 aromatic heterocycles. The van der Waals surface area contributed by atoms with Crippen molar-refractivity contribution in [3.05, 3.63) is 33.1 Å². The van der Waals surface area contributed by atoms with Crippen molar-refractivity contribution in [3.8, 4) is 0 Å². The average Bonchev–Trinajstić information content (AvgIpc) is 2.24. The Labute approximate surface area is 128 Å². The van der Waals surface area contributed by atoms with Crippen LogP contribution in [0.25, 0.3) is 0 Å². The highest BCUT2D eigenvalue weighted by Crippen LogP contribution is 2.15. The van der Waals surface area contributed by atoms with Crippen LogP contribution in [0.3, 0.4) is 0 Å². The number of hydrogen-bond donors (Lipinski definition) is 1. The van der Waals surface area contributed by atoms with E-state index in [0.29, 0.717) is 15.1 Å². The van der Waals surface area contributed by atoms with Crippen LogP contribution in [0.5, 0.6) is 0 Å². The van der Waals surface area contributed by atoms with Gasteiger partial charge in [-0.2, -0.15) is 0 Å². The summed E-state index contributed by atoms with van der Waals surface area (Å²) in [5.74, 6) is -0.0704. The van der Waals surface area contributed by atoms with E-state index in [1.807, 2.05) is 22.6 Å². The zero-order valence-electron chi connectivity index (χ0n) is 9.64. The maximum absolute atomic E-state index is 12.9. The van der Waals surface area contributed by atoms with Crippen molar-refractivity contribution in [3.63, 3.8) is 0 Å². The summed E-state index contributed by atoms with van der Waals surface area (Å²) in [7, 11) is 0. The first-order valence-corrected chi connectivity index (χ1v) is 7.88. The molecule has 0 aliphatic rings. The van der Waals surface area contributed by atoms with Crippen molar-refractivity contribution in [2.24, 2.45) is 5.92 Å². The van der Waals surface area contributed by atoms with Crippen LogP contribution in [0.1, 0.15) is 24.2 Å². The molecule has 1 unspecified atom stereocenters. The lowest BCUT2D eigenvalue weighted by atomic mass is 10.1. The van der Waals surface area contributed by atoms with Crippen molar-refractivity contribution < 1.29 is 9.18 Å².